The molecule has 0 unspecified atom stereocenters. The first-order valence-corrected chi connectivity index (χ1v) is 5.37. The van der Waals surface area contributed by atoms with Gasteiger partial charge in [-0.05, 0) is 50.7 Å². The third kappa shape index (κ3) is 1.79. The van der Waals surface area contributed by atoms with E-state index in [9.17, 15) is 0 Å². The normalized spacial score (nSPS) is 11.4. The Bertz CT molecular complexity index is 445. The van der Waals surface area contributed by atoms with Crippen molar-refractivity contribution in [1.82, 2.24) is 9.29 Å². The van der Waals surface area contributed by atoms with Gasteiger partial charge < -0.3 is 4.98 Å². The molecule has 2 rings (SSSR count). The van der Waals surface area contributed by atoms with E-state index >= 15 is 0 Å². The largest absolute Gasteiger partial charge is 0.361 e. The van der Waals surface area contributed by atoms with Crippen molar-refractivity contribution < 1.29 is 0 Å². The SMILES string of the molecule is Cc1c[nH]c2cc(SN(C)C)ccc12. The van der Waals surface area contributed by atoms with Crippen LogP contribution in [0, 0.1) is 6.92 Å². The number of nitrogens with one attached hydrogen (secondary N) is 1. The number of H-pyrrole nitrogens is 1. The Balaban J connectivity index is 2.42. The van der Waals surface area contributed by atoms with Gasteiger partial charge in [0.15, 0.2) is 0 Å². The van der Waals surface area contributed by atoms with Crippen molar-refractivity contribution in [3.8, 4) is 0 Å². The Morgan fingerprint density at radius 3 is 2.79 bits per heavy atom. The molecule has 0 saturated carbocycles. The summed E-state index contributed by atoms with van der Waals surface area (Å²) in [4.78, 5) is 4.54. The van der Waals surface area contributed by atoms with Crippen molar-refractivity contribution in [2.45, 2.75) is 11.8 Å². The second-order valence-electron chi connectivity index (χ2n) is 3.58. The quantitative estimate of drug-likeness (QED) is 0.762. The van der Waals surface area contributed by atoms with Crippen molar-refractivity contribution in [3.05, 3.63) is 30.0 Å². The minimum Gasteiger partial charge on any atom is -0.361 e. The van der Waals surface area contributed by atoms with Gasteiger partial charge in [-0.2, -0.15) is 0 Å². The van der Waals surface area contributed by atoms with Crippen LogP contribution in [0.4, 0.5) is 0 Å². The fourth-order valence-corrected chi connectivity index (χ4v) is 2.24. The van der Waals surface area contributed by atoms with E-state index in [0.29, 0.717) is 0 Å². The topological polar surface area (TPSA) is 19.0 Å². The zero-order valence-corrected chi connectivity index (χ0v) is 9.48. The maximum atomic E-state index is 3.27. The summed E-state index contributed by atoms with van der Waals surface area (Å²) in [6, 6.07) is 6.52. The highest BCUT2D eigenvalue weighted by atomic mass is 32.2. The lowest BCUT2D eigenvalue weighted by atomic mass is 10.2. The van der Waals surface area contributed by atoms with Crippen molar-refractivity contribution in [1.29, 1.82) is 0 Å². The van der Waals surface area contributed by atoms with Gasteiger partial charge in [0.1, 0.15) is 0 Å². The standard InChI is InChI=1S/C11H14N2S/c1-8-7-12-11-6-9(14-13(2)3)4-5-10(8)11/h4-7,12H,1-3H3. The van der Waals surface area contributed by atoms with Crippen LogP contribution in [0.1, 0.15) is 5.56 Å². The minimum atomic E-state index is 1.22. The van der Waals surface area contributed by atoms with Crippen LogP contribution in [0.2, 0.25) is 0 Å². The van der Waals surface area contributed by atoms with Crippen LogP contribution in [-0.4, -0.2) is 23.4 Å². The van der Waals surface area contributed by atoms with Gasteiger partial charge in [-0.15, -0.1) is 0 Å². The molecule has 1 aromatic heterocycles. The van der Waals surface area contributed by atoms with Crippen molar-refractivity contribution >= 4 is 22.9 Å². The summed E-state index contributed by atoms with van der Waals surface area (Å²) in [7, 11) is 4.10. The predicted octanol–water partition coefficient (Wildman–Crippen LogP) is 3.05. The molecule has 0 atom stereocenters. The number of nitrogens with zero attached hydrogens (tertiary/aromatic N) is 1. The molecule has 74 valence electrons. The van der Waals surface area contributed by atoms with E-state index in [2.05, 4.69) is 54.7 Å². The highest BCUT2D eigenvalue weighted by molar-refractivity contribution is 7.97. The third-order valence-corrected chi connectivity index (χ3v) is 2.98. The molecule has 0 bridgehead atoms. The fourth-order valence-electron chi connectivity index (χ4n) is 1.52. The molecule has 3 heteroatoms. The molecule has 0 saturated heterocycles. The summed E-state index contributed by atoms with van der Waals surface area (Å²) < 4.78 is 2.09. The number of rotatable bonds is 2. The second-order valence-corrected chi connectivity index (χ2v) is 4.97. The Kier molecular flexibility index (Phi) is 2.52. The van der Waals surface area contributed by atoms with Gasteiger partial charge in [0.2, 0.25) is 0 Å². The predicted molar refractivity (Wildman–Crippen MR) is 62.6 cm³/mol. The summed E-state index contributed by atoms with van der Waals surface area (Å²) >= 11 is 1.74. The molecule has 0 spiro atoms. The van der Waals surface area contributed by atoms with Crippen LogP contribution < -0.4 is 0 Å². The molecule has 0 amide bonds. The van der Waals surface area contributed by atoms with Gasteiger partial charge in [-0.1, -0.05) is 6.07 Å². The molecule has 1 aromatic carbocycles. The second kappa shape index (κ2) is 3.67. The Morgan fingerprint density at radius 1 is 1.29 bits per heavy atom. The highest BCUT2D eigenvalue weighted by Crippen LogP contribution is 2.25. The van der Waals surface area contributed by atoms with Crippen molar-refractivity contribution in [2.24, 2.45) is 0 Å². The molecular weight excluding hydrogens is 192 g/mol. The molecule has 0 fully saturated rings. The van der Waals surface area contributed by atoms with Crippen LogP contribution in [0.5, 0.6) is 0 Å². The van der Waals surface area contributed by atoms with Crippen LogP contribution in [0.25, 0.3) is 10.9 Å². The summed E-state index contributed by atoms with van der Waals surface area (Å²) in [6.45, 7) is 2.12. The lowest BCUT2D eigenvalue weighted by Gasteiger charge is -2.07. The van der Waals surface area contributed by atoms with Gasteiger partial charge in [-0.3, -0.25) is 4.31 Å². The molecule has 0 aliphatic heterocycles. The molecule has 1 heterocycles. The summed E-state index contributed by atoms with van der Waals surface area (Å²) in [5, 5.41) is 1.31. The van der Waals surface area contributed by atoms with E-state index in [1.807, 2.05) is 0 Å². The van der Waals surface area contributed by atoms with Crippen LogP contribution in [0.15, 0.2) is 29.3 Å². The lowest BCUT2D eigenvalue weighted by Crippen LogP contribution is -1.98. The number of hydrogen-bond donors (Lipinski definition) is 1. The third-order valence-electron chi connectivity index (χ3n) is 2.15. The van der Waals surface area contributed by atoms with Crippen LogP contribution >= 0.6 is 11.9 Å². The monoisotopic (exact) mass is 206 g/mol. The summed E-state index contributed by atoms with van der Waals surface area (Å²) in [5.41, 5.74) is 2.52. The average molecular weight is 206 g/mol. The molecule has 0 aliphatic carbocycles. The molecule has 0 radical (unpaired) electrons. The van der Waals surface area contributed by atoms with E-state index in [-0.39, 0.29) is 0 Å². The number of aromatic nitrogens is 1. The maximum Gasteiger partial charge on any atom is 0.0468 e. The maximum absolute atomic E-state index is 3.27. The van der Waals surface area contributed by atoms with Crippen LogP contribution in [0.3, 0.4) is 0 Å². The van der Waals surface area contributed by atoms with E-state index < -0.39 is 0 Å². The average Bonchev–Trinajstić information content (AvgIpc) is 2.46. The van der Waals surface area contributed by atoms with Gasteiger partial charge in [0.05, 0.1) is 0 Å². The van der Waals surface area contributed by atoms with E-state index in [0.717, 1.165) is 0 Å². The van der Waals surface area contributed by atoms with Crippen molar-refractivity contribution in [3.63, 3.8) is 0 Å². The molecule has 1 N–H and O–H groups in total. The molecule has 0 aliphatic rings. The highest BCUT2D eigenvalue weighted by Gasteiger charge is 2.01. The van der Waals surface area contributed by atoms with Gasteiger partial charge in [0.25, 0.3) is 0 Å². The zero-order chi connectivity index (χ0) is 10.1. The number of aromatic amines is 1. The lowest BCUT2D eigenvalue weighted by molar-refractivity contribution is 0.703. The molecular formula is C11H14N2S. The van der Waals surface area contributed by atoms with Gasteiger partial charge in [0, 0.05) is 22.0 Å². The minimum absolute atomic E-state index is 1.22. The van der Waals surface area contributed by atoms with Crippen molar-refractivity contribution in [2.75, 3.05) is 14.1 Å². The van der Waals surface area contributed by atoms with Gasteiger partial charge in [-0.25, -0.2) is 0 Å². The Morgan fingerprint density at radius 2 is 2.07 bits per heavy atom. The number of fused-ring (bicyclic) bond motifs is 1. The smallest absolute Gasteiger partial charge is 0.0468 e. The first-order chi connectivity index (χ1) is 6.66. The Labute approximate surface area is 88.4 Å². The number of hydrogen-bond acceptors (Lipinski definition) is 2. The van der Waals surface area contributed by atoms with Crippen LogP contribution in [-0.2, 0) is 0 Å². The van der Waals surface area contributed by atoms with E-state index in [1.165, 1.54) is 21.4 Å². The van der Waals surface area contributed by atoms with E-state index in [1.54, 1.807) is 11.9 Å². The first kappa shape index (κ1) is 9.62. The molecule has 14 heavy (non-hydrogen) atoms. The number of aryl methyl sites for hydroxylation is 1. The van der Waals surface area contributed by atoms with E-state index in [4.69, 9.17) is 0 Å². The zero-order valence-electron chi connectivity index (χ0n) is 8.66. The number of benzene rings is 1. The first-order valence-electron chi connectivity index (χ1n) is 4.60. The summed E-state index contributed by atoms with van der Waals surface area (Å²) in [6.07, 6.45) is 2.05. The van der Waals surface area contributed by atoms with Gasteiger partial charge >= 0.3 is 0 Å². The molecule has 2 aromatic rings. The summed E-state index contributed by atoms with van der Waals surface area (Å²) in [5.74, 6) is 0. The Hall–Kier alpha value is -0.930. The fraction of sp³-hybridized carbons (Fsp3) is 0.273. The molecule has 2 nitrogen and oxygen atoms in total.